The molecule has 168 valence electrons. The Labute approximate surface area is 178 Å². The minimum Gasteiger partial charge on any atom is -0.449 e. The molecule has 12 heteroatoms. The molecular weight excluding hydrogens is 437 g/mol. The lowest BCUT2D eigenvalue weighted by atomic mass is 9.87. The Hall–Kier alpha value is -3.62. The number of carbonyl (C=O) groups excluding carboxylic acids is 1. The number of ether oxygens (including phenoxy) is 1. The highest BCUT2D eigenvalue weighted by atomic mass is 19.4. The number of hydrogen-bond donors (Lipinski definition) is 1. The number of hydrogen-bond acceptors (Lipinski definition) is 7. The summed E-state index contributed by atoms with van der Waals surface area (Å²) in [6, 6.07) is 4.36. The van der Waals surface area contributed by atoms with Gasteiger partial charge in [0.2, 0.25) is 6.10 Å². The van der Waals surface area contributed by atoms with Gasteiger partial charge < -0.3 is 10.5 Å². The summed E-state index contributed by atoms with van der Waals surface area (Å²) in [5, 5.41) is 8.89. The van der Waals surface area contributed by atoms with Crippen LogP contribution in [0.1, 0.15) is 39.9 Å². The molecule has 2 aromatic heterocycles. The van der Waals surface area contributed by atoms with Crippen LogP contribution in [0.15, 0.2) is 29.4 Å². The van der Waals surface area contributed by atoms with Crippen LogP contribution >= 0.6 is 0 Å². The Bertz CT molecular complexity index is 1140. The fourth-order valence-electron chi connectivity index (χ4n) is 3.33. The van der Waals surface area contributed by atoms with Gasteiger partial charge in [0.15, 0.2) is 12.0 Å². The molecule has 2 N–H and O–H groups in total. The predicted molar refractivity (Wildman–Crippen MR) is 101 cm³/mol. The quantitative estimate of drug-likeness (QED) is 0.562. The van der Waals surface area contributed by atoms with Crippen molar-refractivity contribution in [3.8, 4) is 6.07 Å². The van der Waals surface area contributed by atoms with E-state index in [4.69, 9.17) is 11.0 Å². The van der Waals surface area contributed by atoms with Gasteiger partial charge in [-0.15, -0.1) is 0 Å². The van der Waals surface area contributed by atoms with Crippen molar-refractivity contribution in [2.45, 2.75) is 44.3 Å². The first kappa shape index (κ1) is 23.1. The highest BCUT2D eigenvalue weighted by Crippen LogP contribution is 2.42. The molecule has 0 amide bonds. The van der Waals surface area contributed by atoms with E-state index in [0.29, 0.717) is 5.56 Å². The maximum atomic E-state index is 14.9. The molecular formula is C20H16F5N5O2. The van der Waals surface area contributed by atoms with E-state index >= 15 is 0 Å². The van der Waals surface area contributed by atoms with Gasteiger partial charge in [0, 0.05) is 11.9 Å². The van der Waals surface area contributed by atoms with E-state index in [9.17, 15) is 26.7 Å². The summed E-state index contributed by atoms with van der Waals surface area (Å²) in [5.74, 6) is -1.67. The van der Waals surface area contributed by atoms with Gasteiger partial charge in [-0.2, -0.15) is 18.4 Å². The van der Waals surface area contributed by atoms with Crippen LogP contribution in [0, 0.1) is 24.1 Å². The number of aliphatic imine (C=N–C) groups is 1. The van der Waals surface area contributed by atoms with Crippen molar-refractivity contribution in [1.82, 2.24) is 9.97 Å². The number of nitrogens with zero attached hydrogens (tertiary/aromatic N) is 4. The first-order chi connectivity index (χ1) is 14.9. The highest BCUT2D eigenvalue weighted by molar-refractivity contribution is 5.96. The lowest BCUT2D eigenvalue weighted by molar-refractivity contribution is -0.227. The van der Waals surface area contributed by atoms with Crippen LogP contribution in [0.5, 0.6) is 0 Å². The van der Waals surface area contributed by atoms with Crippen molar-refractivity contribution >= 4 is 11.8 Å². The molecule has 0 saturated carbocycles. The van der Waals surface area contributed by atoms with Gasteiger partial charge in [0.05, 0.1) is 12.0 Å². The summed E-state index contributed by atoms with van der Waals surface area (Å²) < 4.78 is 73.3. The molecule has 0 aliphatic carbocycles. The largest absolute Gasteiger partial charge is 0.449 e. The number of pyridine rings is 2. The molecule has 3 atom stereocenters. The van der Waals surface area contributed by atoms with Crippen molar-refractivity contribution in [3.63, 3.8) is 0 Å². The molecule has 0 aromatic carbocycles. The third-order valence-corrected chi connectivity index (χ3v) is 4.91. The first-order valence-electron chi connectivity index (χ1n) is 9.15. The minimum atomic E-state index is -5.13. The van der Waals surface area contributed by atoms with E-state index in [1.54, 1.807) is 6.92 Å². The van der Waals surface area contributed by atoms with Crippen molar-refractivity contribution < 1.29 is 31.5 Å². The van der Waals surface area contributed by atoms with Gasteiger partial charge in [-0.1, -0.05) is 0 Å². The Balaban J connectivity index is 1.98. The number of nitrogens with two attached hydrogens (primary N) is 1. The Kier molecular flexibility index (Phi) is 5.86. The van der Waals surface area contributed by atoms with Gasteiger partial charge >= 0.3 is 6.18 Å². The molecule has 0 radical (unpaired) electrons. The van der Waals surface area contributed by atoms with Gasteiger partial charge in [-0.05, 0) is 37.6 Å². The van der Waals surface area contributed by atoms with E-state index in [1.807, 2.05) is 6.07 Å². The van der Waals surface area contributed by atoms with Crippen molar-refractivity contribution in [3.05, 3.63) is 58.4 Å². The molecule has 0 fully saturated rings. The number of nitriles is 1. The van der Waals surface area contributed by atoms with E-state index in [-0.39, 0.29) is 17.0 Å². The lowest BCUT2D eigenvalue weighted by Gasteiger charge is -2.38. The maximum Gasteiger partial charge on any atom is 0.428 e. The zero-order valence-corrected chi connectivity index (χ0v) is 16.7. The topological polar surface area (TPSA) is 114 Å². The Morgan fingerprint density at radius 2 is 2.06 bits per heavy atom. The monoisotopic (exact) mass is 453 g/mol. The number of alkyl halides is 4. The summed E-state index contributed by atoms with van der Waals surface area (Å²) in [6.07, 6.45) is -10.2. The second kappa shape index (κ2) is 8.14. The molecule has 7 nitrogen and oxygen atoms in total. The average Bonchev–Trinajstić information content (AvgIpc) is 2.70. The molecule has 1 aliphatic rings. The van der Waals surface area contributed by atoms with Crippen molar-refractivity contribution in [2.24, 2.45) is 10.7 Å². The molecule has 32 heavy (non-hydrogen) atoms. The zero-order valence-electron chi connectivity index (χ0n) is 16.7. The van der Waals surface area contributed by atoms with Crippen molar-refractivity contribution in [1.29, 1.82) is 5.26 Å². The summed E-state index contributed by atoms with van der Waals surface area (Å²) in [4.78, 5) is 24.0. The molecule has 0 unspecified atom stereocenters. The van der Waals surface area contributed by atoms with E-state index in [0.717, 1.165) is 19.1 Å². The van der Waals surface area contributed by atoms with Gasteiger partial charge in [0.1, 0.15) is 28.8 Å². The zero-order chi connectivity index (χ0) is 23.8. The third-order valence-electron chi connectivity index (χ3n) is 4.91. The molecule has 0 bridgehead atoms. The number of halogens is 5. The van der Waals surface area contributed by atoms with Crippen LogP contribution in [0.25, 0.3) is 0 Å². The third kappa shape index (κ3) is 4.23. The Morgan fingerprint density at radius 1 is 1.38 bits per heavy atom. The number of aromatic nitrogens is 2. The fraction of sp³-hybridized carbons (Fsp3) is 0.350. The summed E-state index contributed by atoms with van der Waals surface area (Å²) in [7, 11) is 0. The Morgan fingerprint density at radius 3 is 2.66 bits per heavy atom. The molecule has 3 rings (SSSR count). The first-order valence-corrected chi connectivity index (χ1v) is 9.15. The van der Waals surface area contributed by atoms with Crippen LogP contribution in [0.2, 0.25) is 0 Å². The smallest absolute Gasteiger partial charge is 0.428 e. The fourth-order valence-corrected chi connectivity index (χ4v) is 3.33. The molecule has 3 heterocycles. The molecule has 2 aromatic rings. The number of Topliss-reactive ketones (excluding diaryl/α,β-unsaturated/α-hetero) is 1. The normalized spacial score (nSPS) is 23.1. The lowest BCUT2D eigenvalue weighted by Crippen LogP contribution is -2.55. The minimum absolute atomic E-state index is 0.0386. The number of carbonyl (C=O) groups is 1. The summed E-state index contributed by atoms with van der Waals surface area (Å²) in [6.45, 7) is 2.48. The van der Waals surface area contributed by atoms with Gasteiger partial charge in [-0.25, -0.2) is 13.8 Å². The SMILES string of the molecule is Cc1cc(C#N)cnc1C(=O)Cc1ccc(F)c([C@@]2(C)N=C(N)O[C@H](C(F)(F)F)[C@@H]2F)n1. The highest BCUT2D eigenvalue weighted by Gasteiger charge is 2.59. The van der Waals surface area contributed by atoms with Crippen LogP contribution in [0.3, 0.4) is 0 Å². The van der Waals surface area contributed by atoms with Crippen molar-refractivity contribution in [2.75, 3.05) is 0 Å². The number of amidine groups is 1. The van der Waals surface area contributed by atoms with Crippen LogP contribution in [-0.2, 0) is 16.7 Å². The molecule has 1 aliphatic heterocycles. The van der Waals surface area contributed by atoms with Crippen LogP contribution < -0.4 is 5.73 Å². The van der Waals surface area contributed by atoms with E-state index in [2.05, 4.69) is 19.7 Å². The average molecular weight is 453 g/mol. The molecule has 0 saturated heterocycles. The van der Waals surface area contributed by atoms with Gasteiger partial charge in [0.25, 0.3) is 6.02 Å². The summed E-state index contributed by atoms with van der Waals surface area (Å²) in [5.41, 5.74) is 2.77. The van der Waals surface area contributed by atoms with Gasteiger partial charge in [-0.3, -0.25) is 14.8 Å². The number of rotatable bonds is 4. The van der Waals surface area contributed by atoms with E-state index < -0.39 is 53.7 Å². The standard InChI is InChI=1S/C20H16F5N5O2/c1-9-5-10(7-26)8-28-14(9)13(31)6-11-3-4-12(21)16(29-11)19(2)15(22)17(20(23,24)25)32-18(27)30-19/h3-5,8,15,17H,6H2,1-2H3,(H2,27,30)/t15-,17-,19-/m0/s1. The second-order valence-electron chi connectivity index (χ2n) is 7.31. The molecule has 0 spiro atoms. The number of ketones is 1. The summed E-state index contributed by atoms with van der Waals surface area (Å²) >= 11 is 0. The second-order valence-corrected chi connectivity index (χ2v) is 7.31. The van der Waals surface area contributed by atoms with Crippen LogP contribution in [-0.4, -0.2) is 40.2 Å². The maximum absolute atomic E-state index is 14.9. The predicted octanol–water partition coefficient (Wildman–Crippen LogP) is 3.05. The van der Waals surface area contributed by atoms with E-state index in [1.165, 1.54) is 12.3 Å². The van der Waals surface area contributed by atoms with Crippen LogP contribution in [0.4, 0.5) is 22.0 Å². The number of aryl methyl sites for hydroxylation is 1.